The highest BCUT2D eigenvalue weighted by molar-refractivity contribution is 7.89. The van der Waals surface area contributed by atoms with Crippen LogP contribution in [0.15, 0.2) is 53.7 Å². The quantitative estimate of drug-likeness (QED) is 0.553. The van der Waals surface area contributed by atoms with Crippen molar-refractivity contribution in [1.82, 2.24) is 13.7 Å². The van der Waals surface area contributed by atoms with E-state index < -0.39 is 22.5 Å². The first kappa shape index (κ1) is 21.8. The monoisotopic (exact) mass is 450 g/mol. The molecule has 0 aliphatic rings. The molecule has 9 nitrogen and oxygen atoms in total. The summed E-state index contributed by atoms with van der Waals surface area (Å²) < 4.78 is 33.0. The second-order valence-electron chi connectivity index (χ2n) is 6.47. The molecule has 2 aromatic heterocycles. The van der Waals surface area contributed by atoms with Gasteiger partial charge in [0.1, 0.15) is 18.8 Å². The summed E-state index contributed by atoms with van der Waals surface area (Å²) in [5.41, 5.74) is 1.62. The Labute approximate surface area is 178 Å². The van der Waals surface area contributed by atoms with Gasteiger partial charge >= 0.3 is 5.97 Å². The van der Waals surface area contributed by atoms with Crippen molar-refractivity contribution in [3.8, 4) is 0 Å². The molecule has 3 aromatic rings. The molecule has 0 saturated carbocycles. The summed E-state index contributed by atoms with van der Waals surface area (Å²) in [4.78, 5) is 27.5. The van der Waals surface area contributed by atoms with E-state index in [2.05, 4.69) is 10.3 Å². The van der Waals surface area contributed by atoms with Crippen LogP contribution in [0.5, 0.6) is 0 Å². The number of anilines is 1. The number of hydrogen-bond acceptors (Lipinski definition) is 6. The Bertz CT molecular complexity index is 1190. The number of imidazole rings is 1. The minimum absolute atomic E-state index is 0.0101. The Kier molecular flexibility index (Phi) is 6.40. The van der Waals surface area contributed by atoms with E-state index in [4.69, 9.17) is 16.3 Å². The van der Waals surface area contributed by atoms with Gasteiger partial charge in [-0.1, -0.05) is 11.6 Å². The average Bonchev–Trinajstić information content (AvgIpc) is 3.08. The summed E-state index contributed by atoms with van der Waals surface area (Å²) in [6.07, 6.45) is 3.35. The number of sulfonamides is 1. The number of pyridine rings is 1. The summed E-state index contributed by atoms with van der Waals surface area (Å²) in [6, 6.07) is 9.06. The number of fused-ring (bicyclic) bond motifs is 1. The van der Waals surface area contributed by atoms with E-state index in [9.17, 15) is 18.0 Å². The van der Waals surface area contributed by atoms with Crippen molar-refractivity contribution in [2.24, 2.45) is 0 Å². The molecule has 30 heavy (non-hydrogen) atoms. The maximum absolute atomic E-state index is 12.6. The van der Waals surface area contributed by atoms with Crippen LogP contribution in [-0.4, -0.2) is 47.6 Å². The molecule has 3 rings (SSSR count). The normalized spacial score (nSPS) is 11.6. The van der Waals surface area contributed by atoms with Crippen LogP contribution >= 0.6 is 11.6 Å². The second kappa shape index (κ2) is 8.82. The lowest BCUT2D eigenvalue weighted by molar-refractivity contribution is -0.145. The van der Waals surface area contributed by atoms with Crippen molar-refractivity contribution in [2.75, 3.05) is 18.9 Å². The standard InChI is InChI=1S/C19H19ClN4O5S/c1-13(25)21-15-4-6-17(7-5-15)30(27,28)23(2)11-19(26)29-12-16-10-24-9-14(20)3-8-18(24)22-16/h3-10H,11-12H2,1-2H3,(H,21,25). The van der Waals surface area contributed by atoms with Crippen molar-refractivity contribution in [1.29, 1.82) is 0 Å². The fraction of sp³-hybridized carbons (Fsp3) is 0.211. The van der Waals surface area contributed by atoms with Gasteiger partial charge in [0.05, 0.1) is 15.6 Å². The van der Waals surface area contributed by atoms with Gasteiger partial charge < -0.3 is 14.5 Å². The topological polar surface area (TPSA) is 110 Å². The van der Waals surface area contributed by atoms with Crippen molar-refractivity contribution in [3.63, 3.8) is 0 Å². The molecule has 1 amide bonds. The molecule has 0 atom stereocenters. The van der Waals surface area contributed by atoms with Crippen LogP contribution in [0.4, 0.5) is 5.69 Å². The van der Waals surface area contributed by atoms with E-state index in [0.29, 0.717) is 22.1 Å². The number of ether oxygens (including phenoxy) is 1. The second-order valence-corrected chi connectivity index (χ2v) is 8.95. The van der Waals surface area contributed by atoms with Crippen LogP contribution in [0.1, 0.15) is 12.6 Å². The van der Waals surface area contributed by atoms with Crippen molar-refractivity contribution in [3.05, 3.63) is 59.5 Å². The molecule has 0 unspecified atom stereocenters. The first-order chi connectivity index (χ1) is 14.1. The van der Waals surface area contributed by atoms with Crippen LogP contribution in [0, 0.1) is 0 Å². The third-order valence-corrected chi connectivity index (χ3v) is 6.12. The number of aromatic nitrogens is 2. The highest BCUT2D eigenvalue weighted by Gasteiger charge is 2.23. The van der Waals surface area contributed by atoms with Crippen LogP contribution in [0.2, 0.25) is 5.02 Å². The Morgan fingerprint density at radius 2 is 1.87 bits per heavy atom. The van der Waals surface area contributed by atoms with Crippen LogP contribution < -0.4 is 5.32 Å². The average molecular weight is 451 g/mol. The highest BCUT2D eigenvalue weighted by Crippen LogP contribution is 2.18. The molecular weight excluding hydrogens is 432 g/mol. The molecule has 0 aliphatic carbocycles. The lowest BCUT2D eigenvalue weighted by Crippen LogP contribution is -2.33. The zero-order chi connectivity index (χ0) is 21.9. The largest absolute Gasteiger partial charge is 0.458 e. The van der Waals surface area contributed by atoms with E-state index in [1.165, 1.54) is 38.2 Å². The predicted octanol–water partition coefficient (Wildman–Crippen LogP) is 2.31. The number of esters is 1. The number of likely N-dealkylation sites (N-methyl/N-ethyl adjacent to an activating group) is 1. The fourth-order valence-corrected chi connectivity index (χ4v) is 3.93. The van der Waals surface area contributed by atoms with Crippen molar-refractivity contribution < 1.29 is 22.7 Å². The van der Waals surface area contributed by atoms with Gasteiger partial charge in [-0.2, -0.15) is 4.31 Å². The minimum Gasteiger partial charge on any atom is -0.458 e. The van der Waals surface area contributed by atoms with Gasteiger partial charge in [-0.05, 0) is 36.4 Å². The molecule has 0 radical (unpaired) electrons. The zero-order valence-electron chi connectivity index (χ0n) is 16.2. The van der Waals surface area contributed by atoms with Crippen molar-refractivity contribution in [2.45, 2.75) is 18.4 Å². The number of halogens is 1. The number of carbonyl (C=O) groups is 2. The first-order valence-electron chi connectivity index (χ1n) is 8.78. The van der Waals surface area contributed by atoms with E-state index >= 15 is 0 Å². The number of carbonyl (C=O) groups excluding carboxylic acids is 2. The van der Waals surface area contributed by atoms with Gasteiger partial charge in [-0.15, -0.1) is 0 Å². The van der Waals surface area contributed by atoms with Gasteiger partial charge in [-0.25, -0.2) is 13.4 Å². The first-order valence-corrected chi connectivity index (χ1v) is 10.6. The van der Waals surface area contributed by atoms with Crippen LogP contribution in [-0.2, 0) is 31.0 Å². The Hall–Kier alpha value is -2.95. The zero-order valence-corrected chi connectivity index (χ0v) is 17.8. The SMILES string of the molecule is CC(=O)Nc1ccc(S(=O)(=O)N(C)CC(=O)OCc2cn3cc(Cl)ccc3n2)cc1. The third-order valence-electron chi connectivity index (χ3n) is 4.08. The Morgan fingerprint density at radius 1 is 1.17 bits per heavy atom. The molecule has 1 aromatic carbocycles. The summed E-state index contributed by atoms with van der Waals surface area (Å²) in [5.74, 6) is -0.981. The smallest absolute Gasteiger partial charge is 0.321 e. The maximum Gasteiger partial charge on any atom is 0.321 e. The summed E-state index contributed by atoms with van der Waals surface area (Å²) >= 11 is 5.92. The van der Waals surface area contributed by atoms with E-state index in [-0.39, 0.29) is 17.4 Å². The number of benzene rings is 1. The molecule has 1 N–H and O–H groups in total. The van der Waals surface area contributed by atoms with E-state index in [0.717, 1.165) is 4.31 Å². The Morgan fingerprint density at radius 3 is 2.53 bits per heavy atom. The highest BCUT2D eigenvalue weighted by atomic mass is 35.5. The lowest BCUT2D eigenvalue weighted by atomic mass is 10.3. The Balaban J connectivity index is 1.60. The number of rotatable bonds is 7. The predicted molar refractivity (Wildman–Crippen MR) is 111 cm³/mol. The van der Waals surface area contributed by atoms with Crippen LogP contribution in [0.25, 0.3) is 5.65 Å². The molecule has 0 bridgehead atoms. The molecule has 2 heterocycles. The van der Waals surface area contributed by atoms with Crippen molar-refractivity contribution >= 4 is 44.8 Å². The minimum atomic E-state index is -3.90. The van der Waals surface area contributed by atoms with Gasteiger partial charge in [-0.3, -0.25) is 9.59 Å². The molecule has 0 saturated heterocycles. The molecule has 158 valence electrons. The van der Waals surface area contributed by atoms with Gasteiger partial charge in [0.2, 0.25) is 15.9 Å². The maximum atomic E-state index is 12.6. The number of nitrogens with one attached hydrogen (secondary N) is 1. The molecular formula is C19H19ClN4O5S. The van der Waals surface area contributed by atoms with Gasteiger partial charge in [0.25, 0.3) is 0 Å². The number of hydrogen-bond donors (Lipinski definition) is 1. The number of nitrogens with zero attached hydrogens (tertiary/aromatic N) is 3. The molecule has 0 aliphatic heterocycles. The lowest BCUT2D eigenvalue weighted by Gasteiger charge is -2.16. The number of amides is 1. The summed E-state index contributed by atoms with van der Waals surface area (Å²) in [7, 11) is -2.62. The summed E-state index contributed by atoms with van der Waals surface area (Å²) in [6.45, 7) is 0.790. The molecule has 11 heteroatoms. The molecule has 0 fully saturated rings. The van der Waals surface area contributed by atoms with Crippen LogP contribution in [0.3, 0.4) is 0 Å². The fourth-order valence-electron chi connectivity index (χ4n) is 2.65. The van der Waals surface area contributed by atoms with E-state index in [1.807, 2.05) is 0 Å². The van der Waals surface area contributed by atoms with Gasteiger partial charge in [0.15, 0.2) is 0 Å². The third kappa shape index (κ3) is 5.15. The van der Waals surface area contributed by atoms with Gasteiger partial charge in [0, 0.05) is 32.1 Å². The summed E-state index contributed by atoms with van der Waals surface area (Å²) in [5, 5.41) is 3.10. The van der Waals surface area contributed by atoms with E-state index in [1.54, 1.807) is 28.9 Å². The molecule has 0 spiro atoms.